The molecule has 0 bridgehead atoms. The van der Waals surface area contributed by atoms with E-state index in [1.807, 2.05) is 0 Å². The molecule has 0 saturated carbocycles. The van der Waals surface area contributed by atoms with Gasteiger partial charge < -0.3 is 11.0 Å². The summed E-state index contributed by atoms with van der Waals surface area (Å²) < 4.78 is 0. The molecule has 0 aliphatic heterocycles. The summed E-state index contributed by atoms with van der Waals surface area (Å²) in [6, 6.07) is 0. The van der Waals surface area contributed by atoms with E-state index in [1.54, 1.807) is 0 Å². The average molecular weight is 149 g/mol. The van der Waals surface area contributed by atoms with Gasteiger partial charge in [-0.05, 0) is 0 Å². The Morgan fingerprint density at radius 3 is 0.571 bits per heavy atom. The summed E-state index contributed by atoms with van der Waals surface area (Å²) in [5, 5.41) is 0. The van der Waals surface area contributed by atoms with E-state index in [-0.39, 0.29) is 125 Å². The maximum absolute atomic E-state index is 0. The van der Waals surface area contributed by atoms with E-state index in [1.165, 1.54) is 0 Å². The third-order valence-electron chi connectivity index (χ3n) is 0. The Bertz CT molecular complexity index is 13.7. The first kappa shape index (κ1) is 74.7. The minimum absolute atomic E-state index is 0. The molecule has 0 aliphatic carbocycles. The van der Waals surface area contributed by atoms with Crippen LogP contribution in [0.15, 0.2) is 0 Å². The Kier molecular flexibility index (Phi) is 581. The van der Waals surface area contributed by atoms with Crippen LogP contribution in [-0.4, -0.2) is 37.7 Å². The first-order chi connectivity index (χ1) is 0. The third-order valence-corrected chi connectivity index (χ3v) is 0. The van der Waals surface area contributed by atoms with Crippen LogP contribution in [0, 0.1) is 0 Å². The fourth-order valence-corrected chi connectivity index (χ4v) is 0. The summed E-state index contributed by atoms with van der Waals surface area (Å²) in [6.45, 7) is 0. The molecule has 2 nitrogen and oxygen atoms in total. The van der Waals surface area contributed by atoms with Crippen molar-refractivity contribution in [2.75, 3.05) is 0 Å². The van der Waals surface area contributed by atoms with Crippen LogP contribution in [-0.2, 0) is 28.0 Å². The zero-order valence-corrected chi connectivity index (χ0v) is 8.37. The first-order valence-electron chi connectivity index (χ1n) is 0. The van der Waals surface area contributed by atoms with Crippen LogP contribution in [0.3, 0.4) is 0 Å². The second kappa shape index (κ2) is 54.4. The molecule has 0 saturated heterocycles. The second-order valence-corrected chi connectivity index (χ2v) is 0. The van der Waals surface area contributed by atoms with Crippen molar-refractivity contribution in [1.82, 2.24) is 0 Å². The van der Waals surface area contributed by atoms with Gasteiger partial charge in [-0.25, -0.2) is 0 Å². The molecule has 0 rings (SSSR count). The van der Waals surface area contributed by atoms with Crippen molar-refractivity contribution in [2.45, 2.75) is 0 Å². The molecular formula is H2Li2MnNa2O2. The third kappa shape index (κ3) is 42.5. The molecule has 7 heavy (non-hydrogen) atoms. The van der Waals surface area contributed by atoms with Crippen LogP contribution in [0.2, 0.25) is 0 Å². The minimum atomic E-state index is 0. The second-order valence-electron chi connectivity index (χ2n) is 0. The largest absolute Gasteiger partial charge is 2.00 e. The zero-order chi connectivity index (χ0) is 0. The molecule has 0 N–H and O–H groups in total. The molecule has 0 aliphatic rings. The maximum Gasteiger partial charge on any atom is 2.00 e. The van der Waals surface area contributed by atoms with Crippen molar-refractivity contribution in [1.29, 1.82) is 0 Å². The zero-order valence-electron chi connectivity index (χ0n) is 3.19. The molecule has 25 valence electrons. The molecular weight excluding hydrogens is 147 g/mol. The van der Waals surface area contributed by atoms with Crippen molar-refractivity contribution in [3.63, 3.8) is 0 Å². The van der Waals surface area contributed by atoms with Gasteiger partial charge in [0, 0.05) is 0 Å². The van der Waals surface area contributed by atoms with Gasteiger partial charge in [-0.2, -0.15) is 0 Å². The van der Waals surface area contributed by atoms with Crippen LogP contribution in [0.4, 0.5) is 0 Å². The molecule has 0 heterocycles. The smallest absolute Gasteiger partial charge is 2.00 e. The van der Waals surface area contributed by atoms with E-state index >= 15 is 0 Å². The standard InChI is InChI=1S/2Li.Mn.2Na.2O.2H/q;;+2;2*+1;2*-2;;. The van der Waals surface area contributed by atoms with E-state index in [0.29, 0.717) is 0 Å². The van der Waals surface area contributed by atoms with E-state index in [2.05, 4.69) is 0 Å². The summed E-state index contributed by atoms with van der Waals surface area (Å²) in [5.74, 6) is 0. The van der Waals surface area contributed by atoms with Gasteiger partial charge in [0.1, 0.15) is 0 Å². The summed E-state index contributed by atoms with van der Waals surface area (Å²) in [7, 11) is 0. The Balaban J connectivity index is 0. The molecule has 0 spiro atoms. The van der Waals surface area contributed by atoms with Gasteiger partial charge in [-0.1, -0.05) is 0 Å². The predicted octanol–water partition coefficient (Wildman–Crippen LogP) is -7.53. The van der Waals surface area contributed by atoms with Crippen molar-refractivity contribution in [2.24, 2.45) is 0 Å². The van der Waals surface area contributed by atoms with Gasteiger partial charge in [0.25, 0.3) is 0 Å². The molecule has 1 radical (unpaired) electrons. The van der Waals surface area contributed by atoms with Crippen LogP contribution in [0.5, 0.6) is 0 Å². The summed E-state index contributed by atoms with van der Waals surface area (Å²) >= 11 is 0. The van der Waals surface area contributed by atoms with Crippen LogP contribution in [0.1, 0.15) is 0 Å². The topological polar surface area (TPSA) is 57.0 Å². The summed E-state index contributed by atoms with van der Waals surface area (Å²) in [5.41, 5.74) is 0. The quantitative estimate of drug-likeness (QED) is 0.307. The fourth-order valence-electron chi connectivity index (χ4n) is 0. The average Bonchev–Trinajstić information content (AvgIpc) is 0. The molecule has 0 aromatic rings. The van der Waals surface area contributed by atoms with Gasteiger partial charge in [-0.15, -0.1) is 0 Å². The molecule has 7 heteroatoms. The van der Waals surface area contributed by atoms with E-state index in [9.17, 15) is 0 Å². The van der Waals surface area contributed by atoms with Crippen LogP contribution < -0.4 is 59.1 Å². The van der Waals surface area contributed by atoms with Crippen molar-refractivity contribution in [3.8, 4) is 0 Å². The molecule has 0 aromatic heterocycles. The maximum atomic E-state index is 0. The van der Waals surface area contributed by atoms with Crippen molar-refractivity contribution < 1.29 is 87.1 Å². The number of rotatable bonds is 0. The SMILES string of the molecule is [LiH].[LiH].[Mn+2].[Na+].[Na+].[O-2].[O-2]. The Morgan fingerprint density at radius 1 is 0.571 bits per heavy atom. The predicted molar refractivity (Wildman–Crippen MR) is 15.7 cm³/mol. The fraction of sp³-hybridized carbons (Fsp3) is 0. The normalized spacial score (nSPS) is 0. The number of hydrogen-bond donors (Lipinski definition) is 0. The first-order valence-corrected chi connectivity index (χ1v) is 0. The van der Waals surface area contributed by atoms with Gasteiger partial charge >= 0.3 is 114 Å². The van der Waals surface area contributed by atoms with E-state index in [0.717, 1.165) is 0 Å². The minimum Gasteiger partial charge on any atom is -2.00 e. The van der Waals surface area contributed by atoms with Crippen molar-refractivity contribution in [3.05, 3.63) is 0 Å². The summed E-state index contributed by atoms with van der Waals surface area (Å²) in [4.78, 5) is 0. The van der Waals surface area contributed by atoms with Gasteiger partial charge in [-0.3, -0.25) is 0 Å². The molecule has 0 amide bonds. The number of hydrogen-bond acceptors (Lipinski definition) is 0. The van der Waals surface area contributed by atoms with E-state index < -0.39 is 0 Å². The Labute approximate surface area is 122 Å². The monoisotopic (exact) mass is 149 g/mol. The van der Waals surface area contributed by atoms with Gasteiger partial charge in [0.05, 0.1) is 0 Å². The van der Waals surface area contributed by atoms with Crippen LogP contribution >= 0.6 is 0 Å². The van der Waals surface area contributed by atoms with E-state index in [4.69, 9.17) is 0 Å². The molecule has 0 unspecified atom stereocenters. The molecule has 0 atom stereocenters. The Morgan fingerprint density at radius 2 is 0.571 bits per heavy atom. The van der Waals surface area contributed by atoms with Crippen molar-refractivity contribution >= 4 is 37.7 Å². The van der Waals surface area contributed by atoms with Gasteiger partial charge in [0.15, 0.2) is 0 Å². The van der Waals surface area contributed by atoms with Crippen LogP contribution in [0.25, 0.3) is 0 Å². The summed E-state index contributed by atoms with van der Waals surface area (Å²) in [6.07, 6.45) is 0. The Hall–Kier alpha value is 3.63. The molecule has 0 aromatic carbocycles. The molecule has 0 fully saturated rings. The van der Waals surface area contributed by atoms with Gasteiger partial charge in [0.2, 0.25) is 0 Å².